The van der Waals surface area contributed by atoms with Crippen molar-refractivity contribution in [1.29, 1.82) is 5.26 Å². The van der Waals surface area contributed by atoms with Gasteiger partial charge < -0.3 is 4.57 Å². The monoisotopic (exact) mass is 287 g/mol. The van der Waals surface area contributed by atoms with Gasteiger partial charge in [0.15, 0.2) is 11.6 Å². The Bertz CT molecular complexity index is 878. The van der Waals surface area contributed by atoms with Gasteiger partial charge in [0.2, 0.25) is 0 Å². The summed E-state index contributed by atoms with van der Waals surface area (Å²) in [4.78, 5) is 3.96. The van der Waals surface area contributed by atoms with Crippen molar-refractivity contribution in [2.45, 2.75) is 6.54 Å². The van der Waals surface area contributed by atoms with Crippen LogP contribution in [0.3, 0.4) is 0 Å². The van der Waals surface area contributed by atoms with Gasteiger partial charge in [-0.2, -0.15) is 5.26 Å². The largest absolute Gasteiger partial charge is 0.326 e. The summed E-state index contributed by atoms with van der Waals surface area (Å²) in [6.45, 7) is 0.110. The summed E-state index contributed by atoms with van der Waals surface area (Å²) in [6.07, 6.45) is 1.39. The molecule has 2 aromatic carbocycles. The molecule has 3 aromatic rings. The van der Waals surface area contributed by atoms with Crippen LogP contribution in [0.5, 0.6) is 0 Å². The van der Waals surface area contributed by atoms with Gasteiger partial charge in [-0.1, -0.05) is 6.07 Å². The van der Waals surface area contributed by atoms with Crippen LogP contribution in [-0.2, 0) is 6.54 Å². The minimum atomic E-state index is -0.982. The van der Waals surface area contributed by atoms with Crippen LogP contribution < -0.4 is 0 Å². The van der Waals surface area contributed by atoms with Gasteiger partial charge in [-0.25, -0.2) is 18.2 Å². The average molecular weight is 287 g/mol. The number of nitrogens with zero attached hydrogens (tertiary/aromatic N) is 3. The number of imidazole rings is 1. The maximum atomic E-state index is 13.9. The Hall–Kier alpha value is -2.81. The van der Waals surface area contributed by atoms with Gasteiger partial charge in [0.1, 0.15) is 5.82 Å². The molecular weight excluding hydrogens is 279 g/mol. The molecule has 1 aromatic heterocycles. The fourth-order valence-corrected chi connectivity index (χ4v) is 2.11. The van der Waals surface area contributed by atoms with Crippen LogP contribution in [0.25, 0.3) is 11.0 Å². The lowest BCUT2D eigenvalue weighted by atomic mass is 10.1. The van der Waals surface area contributed by atoms with Crippen LogP contribution >= 0.6 is 0 Å². The Kier molecular flexibility index (Phi) is 3.10. The smallest absolute Gasteiger partial charge is 0.161 e. The van der Waals surface area contributed by atoms with Crippen LogP contribution in [0.15, 0.2) is 36.7 Å². The predicted molar refractivity (Wildman–Crippen MR) is 69.9 cm³/mol. The summed E-state index contributed by atoms with van der Waals surface area (Å²) in [7, 11) is 0. The fourth-order valence-electron chi connectivity index (χ4n) is 2.11. The third-order valence-corrected chi connectivity index (χ3v) is 3.19. The summed E-state index contributed by atoms with van der Waals surface area (Å²) in [6, 6.07) is 7.99. The van der Waals surface area contributed by atoms with Crippen molar-refractivity contribution in [3.8, 4) is 6.07 Å². The third kappa shape index (κ3) is 2.34. The third-order valence-electron chi connectivity index (χ3n) is 3.19. The molecule has 0 amide bonds. The summed E-state index contributed by atoms with van der Waals surface area (Å²) in [5.74, 6) is -2.49. The Morgan fingerprint density at radius 1 is 1.05 bits per heavy atom. The Morgan fingerprint density at radius 3 is 2.52 bits per heavy atom. The highest BCUT2D eigenvalue weighted by Gasteiger charge is 2.11. The summed E-state index contributed by atoms with van der Waals surface area (Å²) in [5.41, 5.74) is 1.22. The lowest BCUT2D eigenvalue weighted by Gasteiger charge is -2.06. The lowest BCUT2D eigenvalue weighted by Crippen LogP contribution is -2.01. The number of aromatic nitrogens is 2. The van der Waals surface area contributed by atoms with Crippen LogP contribution in [0.1, 0.15) is 11.1 Å². The molecule has 0 fully saturated rings. The molecule has 0 N–H and O–H groups in total. The van der Waals surface area contributed by atoms with Crippen molar-refractivity contribution in [2.75, 3.05) is 0 Å². The van der Waals surface area contributed by atoms with Gasteiger partial charge in [-0.3, -0.25) is 0 Å². The van der Waals surface area contributed by atoms with E-state index in [9.17, 15) is 13.2 Å². The molecule has 0 atom stereocenters. The van der Waals surface area contributed by atoms with Crippen molar-refractivity contribution in [2.24, 2.45) is 0 Å². The molecule has 0 unspecified atom stereocenters. The molecule has 104 valence electrons. The van der Waals surface area contributed by atoms with E-state index in [2.05, 4.69) is 4.98 Å². The van der Waals surface area contributed by atoms with E-state index in [1.165, 1.54) is 23.0 Å². The molecule has 6 heteroatoms. The number of nitriles is 1. The second-order valence-electron chi connectivity index (χ2n) is 4.55. The Labute approximate surface area is 117 Å². The molecule has 0 aliphatic heterocycles. The topological polar surface area (TPSA) is 41.6 Å². The summed E-state index contributed by atoms with van der Waals surface area (Å²) in [5, 5.41) is 8.70. The van der Waals surface area contributed by atoms with Crippen LogP contribution in [0.4, 0.5) is 13.2 Å². The first-order chi connectivity index (χ1) is 10.1. The molecule has 21 heavy (non-hydrogen) atoms. The zero-order valence-electron chi connectivity index (χ0n) is 10.6. The molecule has 0 aliphatic rings. The molecule has 0 radical (unpaired) electrons. The fraction of sp³-hybridized carbons (Fsp3) is 0.0667. The average Bonchev–Trinajstić information content (AvgIpc) is 2.84. The number of fused-ring (bicyclic) bond motifs is 1. The van der Waals surface area contributed by atoms with Crippen LogP contribution in [0, 0.1) is 28.8 Å². The van der Waals surface area contributed by atoms with Crippen molar-refractivity contribution >= 4 is 11.0 Å². The second kappa shape index (κ2) is 4.94. The zero-order chi connectivity index (χ0) is 15.0. The molecule has 0 saturated carbocycles. The SMILES string of the molecule is N#Cc1ccc(Cn2cnc3cc(F)c(F)cc32)c(F)c1. The van der Waals surface area contributed by atoms with E-state index in [4.69, 9.17) is 5.26 Å². The highest BCUT2D eigenvalue weighted by molar-refractivity contribution is 5.75. The number of rotatable bonds is 2. The highest BCUT2D eigenvalue weighted by Crippen LogP contribution is 2.19. The number of hydrogen-bond acceptors (Lipinski definition) is 2. The molecule has 1 heterocycles. The van der Waals surface area contributed by atoms with E-state index < -0.39 is 17.5 Å². The number of hydrogen-bond donors (Lipinski definition) is 0. The zero-order valence-corrected chi connectivity index (χ0v) is 10.6. The molecule has 3 rings (SSSR count). The van der Waals surface area contributed by atoms with Crippen molar-refractivity contribution in [3.05, 3.63) is 65.2 Å². The molecule has 0 spiro atoms. The second-order valence-corrected chi connectivity index (χ2v) is 4.55. The summed E-state index contributed by atoms with van der Waals surface area (Å²) >= 11 is 0. The standard InChI is InChI=1S/C15H8F3N3/c16-11-3-9(6-19)1-2-10(11)7-21-8-20-14-4-12(17)13(18)5-15(14)21/h1-5,8H,7H2. The Morgan fingerprint density at radius 2 is 1.81 bits per heavy atom. The number of benzene rings is 2. The molecule has 0 bridgehead atoms. The van der Waals surface area contributed by atoms with Crippen molar-refractivity contribution in [1.82, 2.24) is 9.55 Å². The van der Waals surface area contributed by atoms with E-state index in [0.29, 0.717) is 16.6 Å². The molecule has 3 nitrogen and oxygen atoms in total. The lowest BCUT2D eigenvalue weighted by molar-refractivity contribution is 0.510. The first kappa shape index (κ1) is 13.2. The maximum absolute atomic E-state index is 13.9. The maximum Gasteiger partial charge on any atom is 0.161 e. The van der Waals surface area contributed by atoms with E-state index in [1.54, 1.807) is 0 Å². The molecule has 0 aliphatic carbocycles. The minimum absolute atomic E-state index is 0.110. The van der Waals surface area contributed by atoms with Gasteiger partial charge in [-0.05, 0) is 12.1 Å². The number of halogens is 3. The van der Waals surface area contributed by atoms with E-state index >= 15 is 0 Å². The van der Waals surface area contributed by atoms with Crippen molar-refractivity contribution < 1.29 is 13.2 Å². The van der Waals surface area contributed by atoms with Gasteiger partial charge in [-0.15, -0.1) is 0 Å². The molecular formula is C15H8F3N3. The first-order valence-corrected chi connectivity index (χ1v) is 6.07. The first-order valence-electron chi connectivity index (χ1n) is 6.07. The van der Waals surface area contributed by atoms with E-state index in [0.717, 1.165) is 18.2 Å². The summed E-state index contributed by atoms with van der Waals surface area (Å²) < 4.78 is 41.8. The van der Waals surface area contributed by atoms with Gasteiger partial charge in [0.05, 0.1) is 35.5 Å². The van der Waals surface area contributed by atoms with Gasteiger partial charge >= 0.3 is 0 Å². The van der Waals surface area contributed by atoms with Gasteiger partial charge in [0.25, 0.3) is 0 Å². The van der Waals surface area contributed by atoms with Gasteiger partial charge in [0, 0.05) is 17.7 Å². The minimum Gasteiger partial charge on any atom is -0.326 e. The Balaban J connectivity index is 2.03. The highest BCUT2D eigenvalue weighted by atomic mass is 19.2. The quantitative estimate of drug-likeness (QED) is 0.725. The van der Waals surface area contributed by atoms with Crippen LogP contribution in [0.2, 0.25) is 0 Å². The molecule has 0 saturated heterocycles. The van der Waals surface area contributed by atoms with E-state index in [1.807, 2.05) is 6.07 Å². The van der Waals surface area contributed by atoms with E-state index in [-0.39, 0.29) is 12.1 Å². The normalized spacial score (nSPS) is 10.8. The predicted octanol–water partition coefficient (Wildman–Crippen LogP) is 3.37. The van der Waals surface area contributed by atoms with Crippen LogP contribution in [-0.4, -0.2) is 9.55 Å². The van der Waals surface area contributed by atoms with Crippen molar-refractivity contribution in [3.63, 3.8) is 0 Å².